The summed E-state index contributed by atoms with van der Waals surface area (Å²) in [5.41, 5.74) is 2.23. The fourth-order valence-corrected chi connectivity index (χ4v) is 5.96. The molecule has 0 bridgehead atoms. The number of hydrogen-bond acceptors (Lipinski definition) is 7. The number of benzene rings is 2. The van der Waals surface area contributed by atoms with Crippen molar-refractivity contribution >= 4 is 27.5 Å². The van der Waals surface area contributed by atoms with Gasteiger partial charge in [-0.2, -0.15) is 23.5 Å². The average molecular weight is 602 g/mol. The fourth-order valence-electron chi connectivity index (χ4n) is 5.41. The topological polar surface area (TPSA) is 143 Å². The molecule has 2 aromatic carbocycles. The zero-order valence-electron chi connectivity index (χ0n) is 22.4. The number of sulfone groups is 1. The summed E-state index contributed by atoms with van der Waals surface area (Å²) in [6.45, 7) is -0.0792. The largest absolute Gasteiger partial charge is 0.494 e. The first-order valence-corrected chi connectivity index (χ1v) is 15.1. The molecule has 10 nitrogen and oxygen atoms in total. The molecule has 0 radical (unpaired) electrons. The summed E-state index contributed by atoms with van der Waals surface area (Å²) in [4.78, 5) is 26.2. The van der Waals surface area contributed by atoms with Crippen LogP contribution in [-0.2, 0) is 33.0 Å². The number of anilines is 1. The molecule has 42 heavy (non-hydrogen) atoms. The van der Waals surface area contributed by atoms with Crippen LogP contribution in [0.2, 0.25) is 0 Å². The first-order chi connectivity index (χ1) is 19.8. The first-order valence-electron chi connectivity index (χ1n) is 13.0. The molecule has 3 aromatic rings. The van der Waals surface area contributed by atoms with Crippen molar-refractivity contribution in [3.05, 3.63) is 70.4 Å². The highest BCUT2D eigenvalue weighted by Gasteiger charge is 2.46. The summed E-state index contributed by atoms with van der Waals surface area (Å²) in [6.07, 6.45) is -3.02. The van der Waals surface area contributed by atoms with E-state index in [0.717, 1.165) is 17.4 Å². The summed E-state index contributed by atoms with van der Waals surface area (Å²) in [5.74, 6) is -1.68. The number of fused-ring (bicyclic) bond motifs is 3. The van der Waals surface area contributed by atoms with Crippen molar-refractivity contribution in [1.29, 1.82) is 5.26 Å². The van der Waals surface area contributed by atoms with Crippen molar-refractivity contribution in [3.63, 3.8) is 0 Å². The number of halogens is 3. The third kappa shape index (κ3) is 6.11. The Labute approximate surface area is 239 Å². The van der Waals surface area contributed by atoms with E-state index in [1.807, 2.05) is 6.07 Å². The number of nitriles is 1. The lowest BCUT2D eigenvalue weighted by Gasteiger charge is -2.35. The summed E-state index contributed by atoms with van der Waals surface area (Å²) in [6, 6.07) is 13.5. The normalized spacial score (nSPS) is 17.7. The highest BCUT2D eigenvalue weighted by Crippen LogP contribution is 2.44. The number of aromatic nitrogens is 2. The van der Waals surface area contributed by atoms with E-state index in [-0.39, 0.29) is 30.8 Å². The maximum atomic E-state index is 13.6. The Hall–Kier alpha value is -4.38. The monoisotopic (exact) mass is 601 g/mol. The van der Waals surface area contributed by atoms with Crippen LogP contribution in [0.25, 0.3) is 5.69 Å². The predicted octanol–water partition coefficient (Wildman–Crippen LogP) is 3.58. The Morgan fingerprint density at radius 3 is 2.64 bits per heavy atom. The van der Waals surface area contributed by atoms with E-state index in [9.17, 15) is 31.2 Å². The summed E-state index contributed by atoms with van der Waals surface area (Å²) in [5, 5.41) is 19.4. The number of alkyl halides is 3. The molecule has 0 saturated heterocycles. The molecule has 0 fully saturated rings. The lowest BCUT2D eigenvalue weighted by Crippen LogP contribution is -2.49. The van der Waals surface area contributed by atoms with Gasteiger partial charge in [-0.05, 0) is 66.8 Å². The van der Waals surface area contributed by atoms with Crippen LogP contribution in [0.4, 0.5) is 19.0 Å². The van der Waals surface area contributed by atoms with Crippen molar-refractivity contribution in [2.75, 3.05) is 23.9 Å². The Morgan fingerprint density at radius 1 is 1.24 bits per heavy atom. The van der Waals surface area contributed by atoms with E-state index >= 15 is 0 Å². The molecule has 1 atom stereocenters. The third-order valence-electron chi connectivity index (χ3n) is 7.19. The van der Waals surface area contributed by atoms with E-state index < -0.39 is 45.5 Å². The van der Waals surface area contributed by atoms with Crippen molar-refractivity contribution in [2.24, 2.45) is 0 Å². The zero-order valence-corrected chi connectivity index (χ0v) is 23.2. The highest BCUT2D eigenvalue weighted by molar-refractivity contribution is 7.91. The van der Waals surface area contributed by atoms with Crippen molar-refractivity contribution in [2.45, 2.75) is 43.8 Å². The van der Waals surface area contributed by atoms with Crippen molar-refractivity contribution in [1.82, 2.24) is 15.1 Å². The third-order valence-corrected chi connectivity index (χ3v) is 7.97. The van der Waals surface area contributed by atoms with Gasteiger partial charge >= 0.3 is 6.18 Å². The van der Waals surface area contributed by atoms with Crippen LogP contribution >= 0.6 is 0 Å². The van der Waals surface area contributed by atoms with Crippen molar-refractivity contribution < 1.29 is 35.9 Å². The molecule has 1 spiro atoms. The number of ether oxygens (including phenoxy) is 1. The summed E-state index contributed by atoms with van der Waals surface area (Å²) >= 11 is 0. The van der Waals surface area contributed by atoms with Gasteiger partial charge < -0.3 is 15.4 Å². The zero-order chi connectivity index (χ0) is 30.3. The molecule has 2 heterocycles. The van der Waals surface area contributed by atoms with Crippen LogP contribution in [0, 0.1) is 11.3 Å². The van der Waals surface area contributed by atoms with Gasteiger partial charge in [0.15, 0.2) is 9.84 Å². The molecule has 0 saturated carbocycles. The number of amides is 2. The fraction of sp³-hybridized carbons (Fsp3) is 0.357. The van der Waals surface area contributed by atoms with E-state index in [1.54, 1.807) is 42.5 Å². The second-order valence-electron chi connectivity index (χ2n) is 10.5. The van der Waals surface area contributed by atoms with Gasteiger partial charge in [-0.25, -0.2) is 13.1 Å². The molecule has 2 aliphatic rings. The van der Waals surface area contributed by atoms with Crippen LogP contribution in [0.3, 0.4) is 0 Å². The van der Waals surface area contributed by atoms with Gasteiger partial charge in [0, 0.05) is 19.1 Å². The molecule has 1 aliphatic carbocycles. The summed E-state index contributed by atoms with van der Waals surface area (Å²) < 4.78 is 67.6. The van der Waals surface area contributed by atoms with E-state index in [1.165, 1.54) is 4.68 Å². The van der Waals surface area contributed by atoms with Gasteiger partial charge in [-0.1, -0.05) is 6.07 Å². The number of nitrogens with zero attached hydrogens (tertiary/aromatic N) is 3. The smallest absolute Gasteiger partial charge is 0.389 e. The minimum atomic E-state index is -4.24. The molecule has 1 aliphatic heterocycles. The van der Waals surface area contributed by atoms with Gasteiger partial charge in [0.05, 0.1) is 35.2 Å². The molecular formula is C28H26F3N5O5S. The lowest BCUT2D eigenvalue weighted by molar-refractivity contribution is -0.136. The Balaban J connectivity index is 1.46. The molecule has 5 rings (SSSR count). The predicted molar refractivity (Wildman–Crippen MR) is 145 cm³/mol. The van der Waals surface area contributed by atoms with E-state index in [0.29, 0.717) is 35.5 Å². The molecule has 2 amide bonds. The highest BCUT2D eigenvalue weighted by atomic mass is 32.2. The minimum absolute atomic E-state index is 0.0107. The Morgan fingerprint density at radius 2 is 1.98 bits per heavy atom. The SMILES string of the molecule is CS(=O)(=O)CC(=O)Nc1c2c(nn1-c1ccc(C#N)cc1)C[C@]1(CCc3cc(OCCCC(F)(F)F)ccc31)NC2=O. The number of carbonyl (C=O) groups is 2. The Bertz CT molecular complexity index is 1710. The standard InChI is InChI=1S/C28H26F3N5O5S/c1-42(39,40)16-23(37)33-25-24-22(35-36(25)19-5-3-17(15-32)4-6-19)14-27(34-26(24)38)11-9-18-13-20(7-8-21(18)27)41-12-2-10-28(29,30)31/h3-8,13H,2,9-12,14,16H2,1H3,(H,33,37)(H,34,38)/t27-/m0/s1. The first kappa shape index (κ1) is 29.1. The van der Waals surface area contributed by atoms with Gasteiger partial charge in [0.2, 0.25) is 5.91 Å². The Kier molecular flexibility index (Phi) is 7.48. The van der Waals surface area contributed by atoms with Gasteiger partial charge in [-0.3, -0.25) is 9.59 Å². The number of nitrogens with one attached hydrogen (secondary N) is 2. The second-order valence-corrected chi connectivity index (χ2v) is 12.6. The summed E-state index contributed by atoms with van der Waals surface area (Å²) in [7, 11) is -3.66. The van der Waals surface area contributed by atoms with Crippen LogP contribution < -0.4 is 15.4 Å². The number of carbonyl (C=O) groups excluding carboxylic acids is 2. The van der Waals surface area contributed by atoms with Crippen LogP contribution in [0.1, 0.15) is 52.0 Å². The maximum Gasteiger partial charge on any atom is 0.389 e. The van der Waals surface area contributed by atoms with Crippen LogP contribution in [-0.4, -0.2) is 54.8 Å². The second kappa shape index (κ2) is 10.8. The van der Waals surface area contributed by atoms with Gasteiger partial charge in [0.25, 0.3) is 5.91 Å². The molecule has 2 N–H and O–H groups in total. The van der Waals surface area contributed by atoms with Crippen molar-refractivity contribution in [3.8, 4) is 17.5 Å². The molecule has 1 aromatic heterocycles. The van der Waals surface area contributed by atoms with Gasteiger partial charge in [-0.15, -0.1) is 0 Å². The van der Waals surface area contributed by atoms with Crippen LogP contribution in [0.5, 0.6) is 5.75 Å². The number of hydrogen-bond donors (Lipinski definition) is 2. The van der Waals surface area contributed by atoms with Gasteiger partial charge in [0.1, 0.15) is 22.9 Å². The molecule has 220 valence electrons. The molecule has 14 heteroatoms. The minimum Gasteiger partial charge on any atom is -0.494 e. The average Bonchev–Trinajstić information content (AvgIpc) is 3.43. The van der Waals surface area contributed by atoms with E-state index in [2.05, 4.69) is 15.7 Å². The number of aryl methyl sites for hydroxylation is 1. The quantitative estimate of drug-likeness (QED) is 0.376. The van der Waals surface area contributed by atoms with Crippen LogP contribution in [0.15, 0.2) is 42.5 Å². The van der Waals surface area contributed by atoms with E-state index in [4.69, 9.17) is 10.00 Å². The maximum absolute atomic E-state index is 13.6. The lowest BCUT2D eigenvalue weighted by atomic mass is 9.82. The number of rotatable bonds is 8. The molecular weight excluding hydrogens is 575 g/mol. The molecule has 0 unspecified atom stereocenters.